The fourth-order valence-electron chi connectivity index (χ4n) is 10.1. The van der Waals surface area contributed by atoms with Crippen molar-refractivity contribution in [1.82, 2.24) is 0 Å². The number of carbonyl (C=O) groups excluding carboxylic acids is 3. The quantitative estimate of drug-likeness (QED) is 0.0261. The van der Waals surface area contributed by atoms with E-state index in [0.29, 0.717) is 19.3 Å². The van der Waals surface area contributed by atoms with Crippen LogP contribution in [0.25, 0.3) is 0 Å². The van der Waals surface area contributed by atoms with Gasteiger partial charge in [-0.05, 0) is 83.5 Å². The van der Waals surface area contributed by atoms with Crippen molar-refractivity contribution >= 4 is 17.9 Å². The van der Waals surface area contributed by atoms with E-state index in [2.05, 4.69) is 93.7 Å². The first kappa shape index (κ1) is 75.8. The summed E-state index contributed by atoms with van der Waals surface area (Å²) < 4.78 is 16.9. The molecule has 0 bridgehead atoms. The predicted octanol–water partition coefficient (Wildman–Crippen LogP) is 23.7. The van der Waals surface area contributed by atoms with Gasteiger partial charge in [-0.15, -0.1) is 0 Å². The van der Waals surface area contributed by atoms with Crippen LogP contribution in [0.4, 0.5) is 0 Å². The zero-order valence-corrected chi connectivity index (χ0v) is 52.6. The fraction of sp³-hybridized carbons (Fsp3) is 0.795. The Labute approximate surface area is 491 Å². The lowest BCUT2D eigenvalue weighted by Crippen LogP contribution is -2.30. The third kappa shape index (κ3) is 65.5. The van der Waals surface area contributed by atoms with Gasteiger partial charge in [0.15, 0.2) is 6.10 Å². The maximum atomic E-state index is 12.9. The SMILES string of the molecule is CC/C=C\C/C=C\C/C=C\CCCCCCCCCC(=O)OC(COC(=O)CCCCC/C=C\C/C=C\C/C=C\CC)COC(=O)CCCCCCCCCCCCCCCCCCCCCCCCCCCCCCCCC. The summed E-state index contributed by atoms with van der Waals surface area (Å²) in [5.41, 5.74) is 0. The van der Waals surface area contributed by atoms with Crippen molar-refractivity contribution in [2.75, 3.05) is 13.2 Å². The number of carbonyl (C=O) groups is 3. The molecule has 79 heavy (non-hydrogen) atoms. The predicted molar refractivity (Wildman–Crippen MR) is 344 cm³/mol. The molecule has 0 aromatic rings. The van der Waals surface area contributed by atoms with Crippen molar-refractivity contribution in [1.29, 1.82) is 0 Å². The summed E-state index contributed by atoms with van der Waals surface area (Å²) in [7, 11) is 0. The molecule has 0 aliphatic heterocycles. The van der Waals surface area contributed by atoms with Crippen LogP contribution in [-0.2, 0) is 28.6 Å². The van der Waals surface area contributed by atoms with Gasteiger partial charge in [-0.1, -0.05) is 325 Å². The van der Waals surface area contributed by atoms with Crippen molar-refractivity contribution in [2.45, 2.75) is 361 Å². The lowest BCUT2D eigenvalue weighted by atomic mass is 10.0. The van der Waals surface area contributed by atoms with Crippen LogP contribution in [0.15, 0.2) is 72.9 Å². The number of unbranched alkanes of at least 4 members (excludes halogenated alkanes) is 40. The molecule has 0 radical (unpaired) electrons. The molecule has 0 spiro atoms. The van der Waals surface area contributed by atoms with Crippen LogP contribution in [0.3, 0.4) is 0 Å². The van der Waals surface area contributed by atoms with E-state index in [1.54, 1.807) is 0 Å². The molecule has 0 heterocycles. The Morgan fingerprint density at radius 2 is 0.494 bits per heavy atom. The highest BCUT2D eigenvalue weighted by molar-refractivity contribution is 5.71. The molecule has 6 heteroatoms. The maximum absolute atomic E-state index is 12.9. The van der Waals surface area contributed by atoms with Crippen molar-refractivity contribution < 1.29 is 28.6 Å². The molecule has 6 nitrogen and oxygen atoms in total. The van der Waals surface area contributed by atoms with E-state index in [4.69, 9.17) is 14.2 Å². The summed E-state index contributed by atoms with van der Waals surface area (Å²) in [6.45, 7) is 6.43. The lowest BCUT2D eigenvalue weighted by molar-refractivity contribution is -0.167. The van der Waals surface area contributed by atoms with Crippen LogP contribution in [0.1, 0.15) is 355 Å². The van der Waals surface area contributed by atoms with E-state index in [1.807, 2.05) is 0 Å². The van der Waals surface area contributed by atoms with Gasteiger partial charge in [0.2, 0.25) is 0 Å². The van der Waals surface area contributed by atoms with Gasteiger partial charge in [0, 0.05) is 19.3 Å². The zero-order valence-electron chi connectivity index (χ0n) is 52.6. The van der Waals surface area contributed by atoms with E-state index >= 15 is 0 Å². The van der Waals surface area contributed by atoms with Crippen molar-refractivity contribution in [3.05, 3.63) is 72.9 Å². The van der Waals surface area contributed by atoms with Crippen molar-refractivity contribution in [3.63, 3.8) is 0 Å². The van der Waals surface area contributed by atoms with Gasteiger partial charge in [-0.2, -0.15) is 0 Å². The second-order valence-corrected chi connectivity index (χ2v) is 23.0. The minimum absolute atomic E-state index is 0.0863. The Morgan fingerprint density at radius 3 is 0.785 bits per heavy atom. The summed E-state index contributed by atoms with van der Waals surface area (Å²) in [5, 5.41) is 0. The fourth-order valence-corrected chi connectivity index (χ4v) is 10.1. The Kier molecular flexibility index (Phi) is 64.7. The molecule has 0 N–H and O–H groups in total. The molecular formula is C73H130O6. The Bertz CT molecular complexity index is 1450. The summed E-state index contributed by atoms with van der Waals surface area (Å²) in [6, 6.07) is 0. The van der Waals surface area contributed by atoms with Gasteiger partial charge in [0.05, 0.1) is 0 Å². The number of hydrogen-bond acceptors (Lipinski definition) is 6. The second kappa shape index (κ2) is 67.4. The highest BCUT2D eigenvalue weighted by Gasteiger charge is 2.19. The molecular weight excluding hydrogens is 973 g/mol. The molecule has 0 aromatic heterocycles. The largest absolute Gasteiger partial charge is 0.462 e. The van der Waals surface area contributed by atoms with Gasteiger partial charge in [0.25, 0.3) is 0 Å². The first-order valence-corrected chi connectivity index (χ1v) is 34.4. The second-order valence-electron chi connectivity index (χ2n) is 23.0. The lowest BCUT2D eigenvalue weighted by Gasteiger charge is -2.18. The molecule has 0 saturated heterocycles. The first-order valence-electron chi connectivity index (χ1n) is 34.4. The Morgan fingerprint density at radius 1 is 0.266 bits per heavy atom. The summed E-state index contributed by atoms with van der Waals surface area (Å²) >= 11 is 0. The third-order valence-electron chi connectivity index (χ3n) is 15.2. The van der Waals surface area contributed by atoms with Crippen LogP contribution in [0, 0.1) is 0 Å². The average Bonchev–Trinajstić information content (AvgIpc) is 3.45. The highest BCUT2D eigenvalue weighted by Crippen LogP contribution is 2.18. The van der Waals surface area contributed by atoms with Gasteiger partial charge < -0.3 is 14.2 Å². The standard InChI is InChI=1S/C73H130O6/c1-4-7-10-13-16-19-22-25-27-29-30-31-32-33-34-35-36-37-38-39-40-41-42-44-45-48-51-54-57-60-63-66-72(75)78-69-70(68-77-71(74)65-62-59-56-53-50-47-24-21-18-15-12-9-6-3)79-73(76)67-64-61-58-55-52-49-46-43-28-26-23-20-17-14-11-8-5-2/h8-9,11-12,17-18,20-21,26,28,47,50,70H,4-7,10,13-16,19,22-25,27,29-46,48-49,51-69H2,1-3H3/b11-8-,12-9-,20-17-,21-18-,28-26-,50-47-. The van der Waals surface area contributed by atoms with Crippen LogP contribution < -0.4 is 0 Å². The molecule has 0 fully saturated rings. The molecule has 1 atom stereocenters. The molecule has 0 rings (SSSR count). The van der Waals surface area contributed by atoms with Gasteiger partial charge in [-0.3, -0.25) is 14.4 Å². The van der Waals surface area contributed by atoms with Crippen LogP contribution in [-0.4, -0.2) is 37.2 Å². The topological polar surface area (TPSA) is 78.9 Å². The summed E-state index contributed by atoms with van der Waals surface area (Å²) in [5.74, 6) is -0.911. The van der Waals surface area contributed by atoms with E-state index < -0.39 is 6.10 Å². The maximum Gasteiger partial charge on any atom is 0.306 e. The molecule has 0 aliphatic carbocycles. The van der Waals surface area contributed by atoms with Crippen LogP contribution >= 0.6 is 0 Å². The smallest absolute Gasteiger partial charge is 0.306 e. The van der Waals surface area contributed by atoms with Crippen molar-refractivity contribution in [2.24, 2.45) is 0 Å². The molecule has 458 valence electrons. The zero-order chi connectivity index (χ0) is 57.1. The highest BCUT2D eigenvalue weighted by atomic mass is 16.6. The van der Waals surface area contributed by atoms with Gasteiger partial charge in [0.1, 0.15) is 13.2 Å². The van der Waals surface area contributed by atoms with Crippen LogP contribution in [0.2, 0.25) is 0 Å². The normalized spacial score (nSPS) is 12.5. The van der Waals surface area contributed by atoms with E-state index in [0.717, 1.165) is 109 Å². The minimum atomic E-state index is -0.793. The van der Waals surface area contributed by atoms with Crippen molar-refractivity contribution in [3.8, 4) is 0 Å². The molecule has 0 saturated carbocycles. The first-order chi connectivity index (χ1) is 39.0. The Balaban J connectivity index is 4.16. The van der Waals surface area contributed by atoms with E-state index in [1.165, 1.54) is 205 Å². The monoisotopic (exact) mass is 1100 g/mol. The molecule has 0 amide bonds. The summed E-state index contributed by atoms with van der Waals surface area (Å²) in [4.78, 5) is 38.3. The van der Waals surface area contributed by atoms with Crippen LogP contribution in [0.5, 0.6) is 0 Å². The number of rotatable bonds is 63. The molecule has 0 aromatic carbocycles. The average molecular weight is 1100 g/mol. The van der Waals surface area contributed by atoms with E-state index in [-0.39, 0.29) is 31.1 Å². The number of allylic oxidation sites excluding steroid dienone is 12. The number of esters is 3. The third-order valence-corrected chi connectivity index (χ3v) is 15.2. The summed E-state index contributed by atoms with van der Waals surface area (Å²) in [6.07, 6.45) is 88.1. The Hall–Kier alpha value is -3.15. The van der Waals surface area contributed by atoms with Gasteiger partial charge >= 0.3 is 17.9 Å². The molecule has 1 unspecified atom stereocenters. The number of hydrogen-bond donors (Lipinski definition) is 0. The minimum Gasteiger partial charge on any atom is -0.462 e. The van der Waals surface area contributed by atoms with Gasteiger partial charge in [-0.25, -0.2) is 0 Å². The number of ether oxygens (including phenoxy) is 3. The molecule has 0 aliphatic rings. The van der Waals surface area contributed by atoms with E-state index in [9.17, 15) is 14.4 Å².